The molecule has 1 atom stereocenters. The quantitative estimate of drug-likeness (QED) is 0.735. The van der Waals surface area contributed by atoms with Gasteiger partial charge in [-0.05, 0) is 30.5 Å². The summed E-state index contributed by atoms with van der Waals surface area (Å²) in [6.45, 7) is 2.59. The molecule has 0 saturated heterocycles. The minimum absolute atomic E-state index is 0.00421. The number of benzene rings is 1. The van der Waals surface area contributed by atoms with E-state index in [1.807, 2.05) is 48.7 Å². The monoisotopic (exact) mass is 316 g/mol. The number of carbonyl (C=O) groups excluding carboxylic acids is 2. The van der Waals surface area contributed by atoms with E-state index in [1.54, 1.807) is 6.07 Å². The number of Topliss-reactive ketones (excluding diaryl/α,β-unsaturated/α-hetero) is 1. The molecule has 1 aromatic carbocycles. The highest BCUT2D eigenvalue weighted by Crippen LogP contribution is 2.12. The molecular formula is C17H20N2O2S. The van der Waals surface area contributed by atoms with Gasteiger partial charge in [0.05, 0.1) is 4.88 Å². The second kappa shape index (κ2) is 8.34. The van der Waals surface area contributed by atoms with Crippen molar-refractivity contribution in [1.82, 2.24) is 5.32 Å². The van der Waals surface area contributed by atoms with E-state index in [4.69, 9.17) is 0 Å². The van der Waals surface area contributed by atoms with Crippen LogP contribution in [0.4, 0.5) is 5.69 Å². The standard InChI is InChI=1S/C17H20N2O2S/c1-13(12-18-14-6-3-2-4-7-14)19-17(21)10-9-15(20)16-8-5-11-22-16/h2-8,11,13,18H,9-10,12H2,1H3,(H,19,21)/t13-/m0/s1. The van der Waals surface area contributed by atoms with Crippen LogP contribution in [0, 0.1) is 0 Å². The first-order valence-electron chi connectivity index (χ1n) is 7.30. The summed E-state index contributed by atoms with van der Waals surface area (Å²) in [5, 5.41) is 8.02. The topological polar surface area (TPSA) is 58.2 Å². The third-order valence-electron chi connectivity index (χ3n) is 3.17. The number of para-hydroxylation sites is 1. The number of ketones is 1. The van der Waals surface area contributed by atoms with Crippen molar-refractivity contribution in [2.45, 2.75) is 25.8 Å². The van der Waals surface area contributed by atoms with Crippen LogP contribution in [0.25, 0.3) is 0 Å². The lowest BCUT2D eigenvalue weighted by Gasteiger charge is -2.15. The van der Waals surface area contributed by atoms with Gasteiger partial charge in [0.25, 0.3) is 0 Å². The molecule has 0 bridgehead atoms. The average molecular weight is 316 g/mol. The molecule has 22 heavy (non-hydrogen) atoms. The summed E-state index contributed by atoms with van der Waals surface area (Å²) in [5.41, 5.74) is 1.02. The molecule has 0 unspecified atom stereocenters. The fourth-order valence-electron chi connectivity index (χ4n) is 2.01. The van der Waals surface area contributed by atoms with Gasteiger partial charge in [0.15, 0.2) is 5.78 Å². The van der Waals surface area contributed by atoms with Crippen molar-refractivity contribution in [2.24, 2.45) is 0 Å². The summed E-state index contributed by atoms with van der Waals surface area (Å²) in [4.78, 5) is 24.4. The molecule has 2 rings (SSSR count). The van der Waals surface area contributed by atoms with E-state index in [0.717, 1.165) is 5.69 Å². The smallest absolute Gasteiger partial charge is 0.220 e. The van der Waals surface area contributed by atoms with E-state index in [2.05, 4.69) is 10.6 Å². The van der Waals surface area contributed by atoms with Crippen LogP contribution >= 0.6 is 11.3 Å². The summed E-state index contributed by atoms with van der Waals surface area (Å²) in [6, 6.07) is 13.5. The maximum Gasteiger partial charge on any atom is 0.220 e. The van der Waals surface area contributed by atoms with E-state index in [9.17, 15) is 9.59 Å². The Morgan fingerprint density at radius 2 is 1.86 bits per heavy atom. The van der Waals surface area contributed by atoms with Crippen molar-refractivity contribution >= 4 is 28.7 Å². The molecule has 1 amide bonds. The molecule has 0 spiro atoms. The lowest BCUT2D eigenvalue weighted by atomic mass is 10.2. The number of nitrogens with one attached hydrogen (secondary N) is 2. The van der Waals surface area contributed by atoms with E-state index >= 15 is 0 Å². The Kier molecular flexibility index (Phi) is 6.15. The Morgan fingerprint density at radius 1 is 1.09 bits per heavy atom. The van der Waals surface area contributed by atoms with E-state index < -0.39 is 0 Å². The maximum absolute atomic E-state index is 11.9. The van der Waals surface area contributed by atoms with Gasteiger partial charge in [0.2, 0.25) is 5.91 Å². The first kappa shape index (κ1) is 16.2. The van der Waals surface area contributed by atoms with Crippen LogP contribution in [0.5, 0.6) is 0 Å². The van der Waals surface area contributed by atoms with Crippen LogP contribution in [-0.2, 0) is 4.79 Å². The molecule has 4 nitrogen and oxygen atoms in total. The van der Waals surface area contributed by atoms with Crippen molar-refractivity contribution in [3.8, 4) is 0 Å². The molecule has 1 heterocycles. The number of anilines is 1. The third kappa shape index (κ3) is 5.33. The van der Waals surface area contributed by atoms with Crippen LogP contribution in [-0.4, -0.2) is 24.3 Å². The van der Waals surface area contributed by atoms with Gasteiger partial charge in [-0.3, -0.25) is 9.59 Å². The molecule has 116 valence electrons. The van der Waals surface area contributed by atoms with Crippen LogP contribution in [0.15, 0.2) is 47.8 Å². The van der Waals surface area contributed by atoms with Crippen molar-refractivity contribution in [3.63, 3.8) is 0 Å². The predicted molar refractivity (Wildman–Crippen MR) is 90.4 cm³/mol. The molecule has 0 aliphatic heterocycles. The van der Waals surface area contributed by atoms with Crippen molar-refractivity contribution in [2.75, 3.05) is 11.9 Å². The number of hydrogen-bond acceptors (Lipinski definition) is 4. The number of thiophene rings is 1. The third-order valence-corrected chi connectivity index (χ3v) is 4.08. The Hall–Kier alpha value is -2.14. The molecule has 0 fully saturated rings. The van der Waals surface area contributed by atoms with Gasteiger partial charge in [-0.2, -0.15) is 0 Å². The molecule has 5 heteroatoms. The SMILES string of the molecule is C[C@@H](CNc1ccccc1)NC(=O)CCC(=O)c1cccs1. The zero-order valence-electron chi connectivity index (χ0n) is 12.5. The Labute approximate surface area is 134 Å². The van der Waals surface area contributed by atoms with Crippen molar-refractivity contribution in [3.05, 3.63) is 52.7 Å². The van der Waals surface area contributed by atoms with E-state index in [-0.39, 0.29) is 30.6 Å². The van der Waals surface area contributed by atoms with Crippen molar-refractivity contribution in [1.29, 1.82) is 0 Å². The van der Waals surface area contributed by atoms with Crippen LogP contribution in [0.1, 0.15) is 29.4 Å². The summed E-state index contributed by atoms with van der Waals surface area (Å²) in [7, 11) is 0. The van der Waals surface area contributed by atoms with Crippen LogP contribution < -0.4 is 10.6 Å². The zero-order chi connectivity index (χ0) is 15.8. The highest BCUT2D eigenvalue weighted by atomic mass is 32.1. The van der Waals surface area contributed by atoms with Crippen LogP contribution in [0.2, 0.25) is 0 Å². The minimum Gasteiger partial charge on any atom is -0.383 e. The molecule has 2 N–H and O–H groups in total. The summed E-state index contributed by atoms with van der Waals surface area (Å²) < 4.78 is 0. The second-order valence-electron chi connectivity index (χ2n) is 5.12. The van der Waals surface area contributed by atoms with Gasteiger partial charge in [0, 0.05) is 31.1 Å². The Balaban J connectivity index is 1.67. The summed E-state index contributed by atoms with van der Waals surface area (Å²) >= 11 is 1.41. The molecule has 2 aromatic rings. The molecule has 0 aliphatic rings. The first-order chi connectivity index (χ1) is 10.6. The number of carbonyl (C=O) groups is 2. The highest BCUT2D eigenvalue weighted by molar-refractivity contribution is 7.12. The Bertz CT molecular complexity index is 596. The molecule has 1 aromatic heterocycles. The first-order valence-corrected chi connectivity index (χ1v) is 8.18. The number of hydrogen-bond donors (Lipinski definition) is 2. The second-order valence-corrected chi connectivity index (χ2v) is 6.06. The van der Waals surface area contributed by atoms with E-state index in [1.165, 1.54) is 11.3 Å². The average Bonchev–Trinajstić information content (AvgIpc) is 3.06. The van der Waals surface area contributed by atoms with Crippen LogP contribution in [0.3, 0.4) is 0 Å². The van der Waals surface area contributed by atoms with E-state index in [0.29, 0.717) is 11.4 Å². The van der Waals surface area contributed by atoms with Gasteiger partial charge in [-0.1, -0.05) is 24.3 Å². The Morgan fingerprint density at radius 3 is 2.55 bits per heavy atom. The molecule has 0 radical (unpaired) electrons. The molecule has 0 aliphatic carbocycles. The largest absolute Gasteiger partial charge is 0.383 e. The maximum atomic E-state index is 11.9. The van der Waals surface area contributed by atoms with Gasteiger partial charge >= 0.3 is 0 Å². The minimum atomic E-state index is -0.0905. The lowest BCUT2D eigenvalue weighted by molar-refractivity contribution is -0.121. The molecular weight excluding hydrogens is 296 g/mol. The van der Waals surface area contributed by atoms with Gasteiger partial charge in [-0.25, -0.2) is 0 Å². The number of amides is 1. The molecule has 0 saturated carbocycles. The normalized spacial score (nSPS) is 11.7. The highest BCUT2D eigenvalue weighted by Gasteiger charge is 2.11. The summed E-state index contributed by atoms with van der Waals surface area (Å²) in [5.74, 6) is -0.0625. The van der Waals surface area contributed by atoms with Gasteiger partial charge < -0.3 is 10.6 Å². The van der Waals surface area contributed by atoms with Crippen molar-refractivity contribution < 1.29 is 9.59 Å². The van der Waals surface area contributed by atoms with Gasteiger partial charge in [-0.15, -0.1) is 11.3 Å². The summed E-state index contributed by atoms with van der Waals surface area (Å²) in [6.07, 6.45) is 0.484. The zero-order valence-corrected chi connectivity index (χ0v) is 13.4. The van der Waals surface area contributed by atoms with Gasteiger partial charge in [0.1, 0.15) is 0 Å². The lowest BCUT2D eigenvalue weighted by Crippen LogP contribution is -2.37. The fourth-order valence-corrected chi connectivity index (χ4v) is 2.71. The fraction of sp³-hybridized carbons (Fsp3) is 0.294. The number of rotatable bonds is 8. The predicted octanol–water partition coefficient (Wildman–Crippen LogP) is 3.33.